The molecule has 0 unspecified atom stereocenters. The van der Waals surface area contributed by atoms with E-state index in [0.29, 0.717) is 11.4 Å². The van der Waals surface area contributed by atoms with E-state index in [0.717, 1.165) is 16.7 Å². The molecule has 176 valence electrons. The average Bonchev–Trinajstić information content (AvgIpc) is 2.84. The van der Waals surface area contributed by atoms with Crippen molar-refractivity contribution in [1.82, 2.24) is 5.32 Å². The largest absolute Gasteiger partial charge is 0.459 e. The van der Waals surface area contributed by atoms with Gasteiger partial charge in [-0.3, -0.25) is 14.5 Å². The molecule has 1 atom stereocenters. The number of alkyl carbamates (subject to hydrolysis) is 1. The van der Waals surface area contributed by atoms with Crippen LogP contribution in [0, 0.1) is 13.8 Å². The van der Waals surface area contributed by atoms with Crippen molar-refractivity contribution >= 4 is 29.3 Å². The summed E-state index contributed by atoms with van der Waals surface area (Å²) in [5.74, 6) is -0.966. The van der Waals surface area contributed by atoms with Crippen molar-refractivity contribution in [2.45, 2.75) is 52.9 Å². The van der Waals surface area contributed by atoms with Gasteiger partial charge in [-0.25, -0.2) is 4.79 Å². The van der Waals surface area contributed by atoms with Gasteiger partial charge in [0.1, 0.15) is 24.8 Å². The van der Waals surface area contributed by atoms with Crippen LogP contribution in [0.15, 0.2) is 42.5 Å². The van der Waals surface area contributed by atoms with Crippen LogP contribution < -0.4 is 15.5 Å². The number of fused-ring (bicyclic) bond motifs is 1. The number of hydrogen-bond acceptors (Lipinski definition) is 6. The second-order valence-corrected chi connectivity index (χ2v) is 9.13. The quantitative estimate of drug-likeness (QED) is 0.670. The van der Waals surface area contributed by atoms with Crippen molar-refractivity contribution in [2.24, 2.45) is 0 Å². The highest BCUT2D eigenvalue weighted by atomic mass is 16.6. The molecule has 2 aromatic rings. The lowest BCUT2D eigenvalue weighted by Gasteiger charge is -2.27. The van der Waals surface area contributed by atoms with E-state index < -0.39 is 29.6 Å². The van der Waals surface area contributed by atoms with Crippen molar-refractivity contribution in [3.63, 3.8) is 0 Å². The number of carbonyl (C=O) groups excluding carboxylic acids is 3. The summed E-state index contributed by atoms with van der Waals surface area (Å²) in [7, 11) is 0. The molecule has 0 radical (unpaired) electrons. The molecule has 0 saturated carbocycles. The van der Waals surface area contributed by atoms with Gasteiger partial charge < -0.3 is 20.1 Å². The van der Waals surface area contributed by atoms with Crippen LogP contribution in [0.25, 0.3) is 0 Å². The topological polar surface area (TPSA) is 97.0 Å². The normalized spacial score (nSPS) is 15.7. The third kappa shape index (κ3) is 6.47. The molecule has 2 N–H and O–H groups in total. The molecular formula is C25H31N3O5. The molecule has 8 heteroatoms. The van der Waals surface area contributed by atoms with Crippen molar-refractivity contribution in [2.75, 3.05) is 23.3 Å². The number of rotatable bonds is 5. The Morgan fingerprint density at radius 3 is 2.52 bits per heavy atom. The molecule has 0 aliphatic carbocycles. The van der Waals surface area contributed by atoms with Crippen LogP contribution in [0.1, 0.15) is 37.5 Å². The number of aryl methyl sites for hydroxylation is 2. The summed E-state index contributed by atoms with van der Waals surface area (Å²) in [6, 6.07) is 12.3. The van der Waals surface area contributed by atoms with Crippen molar-refractivity contribution in [3.05, 3.63) is 59.2 Å². The van der Waals surface area contributed by atoms with Gasteiger partial charge in [-0.2, -0.15) is 0 Å². The van der Waals surface area contributed by atoms with Gasteiger partial charge in [-0.1, -0.05) is 36.4 Å². The van der Waals surface area contributed by atoms with Crippen LogP contribution in [0.3, 0.4) is 0 Å². The number of esters is 1. The van der Waals surface area contributed by atoms with E-state index >= 15 is 0 Å². The molecule has 8 nitrogen and oxygen atoms in total. The fourth-order valence-electron chi connectivity index (χ4n) is 3.68. The van der Waals surface area contributed by atoms with Gasteiger partial charge in [0.25, 0.3) is 5.91 Å². The van der Waals surface area contributed by atoms with E-state index in [1.807, 2.05) is 56.3 Å². The molecule has 2 aromatic carbocycles. The van der Waals surface area contributed by atoms with E-state index in [9.17, 15) is 14.4 Å². The molecule has 0 fully saturated rings. The summed E-state index contributed by atoms with van der Waals surface area (Å²) in [4.78, 5) is 39.9. The van der Waals surface area contributed by atoms with E-state index in [1.54, 1.807) is 20.8 Å². The zero-order valence-electron chi connectivity index (χ0n) is 19.7. The molecule has 1 aliphatic heterocycles. The number of amides is 2. The van der Waals surface area contributed by atoms with Gasteiger partial charge in [0.15, 0.2) is 0 Å². The minimum absolute atomic E-state index is 0.110. The molecule has 0 spiro atoms. The predicted molar refractivity (Wildman–Crippen MR) is 126 cm³/mol. The Morgan fingerprint density at radius 1 is 1.15 bits per heavy atom. The molecular weight excluding hydrogens is 422 g/mol. The average molecular weight is 454 g/mol. The van der Waals surface area contributed by atoms with Crippen LogP contribution in [0.2, 0.25) is 0 Å². The first-order chi connectivity index (χ1) is 15.5. The maximum Gasteiger partial charge on any atom is 0.408 e. The molecule has 1 aliphatic rings. The molecule has 3 rings (SSSR count). The lowest BCUT2D eigenvalue weighted by molar-refractivity contribution is -0.144. The van der Waals surface area contributed by atoms with Gasteiger partial charge in [-0.15, -0.1) is 0 Å². The van der Waals surface area contributed by atoms with Gasteiger partial charge in [0.05, 0.1) is 11.4 Å². The van der Waals surface area contributed by atoms with Crippen molar-refractivity contribution < 1.29 is 23.9 Å². The second kappa shape index (κ2) is 9.94. The van der Waals surface area contributed by atoms with Crippen LogP contribution in [0.4, 0.5) is 16.2 Å². The predicted octanol–water partition coefficient (Wildman–Crippen LogP) is 3.70. The summed E-state index contributed by atoms with van der Waals surface area (Å²) in [6.07, 6.45) is -0.701. The lowest BCUT2D eigenvalue weighted by atomic mass is 10.1. The Morgan fingerprint density at radius 2 is 1.85 bits per heavy atom. The zero-order chi connectivity index (χ0) is 24.2. The molecule has 0 saturated heterocycles. The number of ether oxygens (including phenoxy) is 2. The zero-order valence-corrected chi connectivity index (χ0v) is 19.7. The highest BCUT2D eigenvalue weighted by Gasteiger charge is 2.35. The minimum Gasteiger partial charge on any atom is -0.459 e. The maximum atomic E-state index is 13.5. The second-order valence-electron chi connectivity index (χ2n) is 9.13. The number of hydrogen-bond donors (Lipinski definition) is 2. The van der Waals surface area contributed by atoms with Crippen LogP contribution in [0.5, 0.6) is 0 Å². The van der Waals surface area contributed by atoms with Crippen molar-refractivity contribution in [1.29, 1.82) is 0 Å². The first kappa shape index (κ1) is 24.1. The summed E-state index contributed by atoms with van der Waals surface area (Å²) in [6.45, 7) is 9.06. The Bertz CT molecular complexity index is 1030. The molecule has 1 heterocycles. The summed E-state index contributed by atoms with van der Waals surface area (Å²) < 4.78 is 10.7. The van der Waals surface area contributed by atoms with Gasteiger partial charge in [0, 0.05) is 6.54 Å². The first-order valence-corrected chi connectivity index (χ1v) is 10.9. The van der Waals surface area contributed by atoms with Crippen LogP contribution in [-0.2, 0) is 25.7 Å². The molecule has 2 amide bonds. The fraction of sp³-hybridized carbons (Fsp3) is 0.400. The van der Waals surface area contributed by atoms with Gasteiger partial charge >= 0.3 is 12.1 Å². The smallest absolute Gasteiger partial charge is 0.408 e. The van der Waals surface area contributed by atoms with Crippen molar-refractivity contribution in [3.8, 4) is 0 Å². The number of anilines is 2. The molecule has 33 heavy (non-hydrogen) atoms. The first-order valence-electron chi connectivity index (χ1n) is 10.9. The lowest BCUT2D eigenvalue weighted by Crippen LogP contribution is -2.52. The Kier molecular flexibility index (Phi) is 7.26. The molecule has 0 aromatic heterocycles. The molecule has 0 bridgehead atoms. The van der Waals surface area contributed by atoms with Crippen LogP contribution in [-0.4, -0.2) is 42.7 Å². The van der Waals surface area contributed by atoms with E-state index in [4.69, 9.17) is 9.47 Å². The summed E-state index contributed by atoms with van der Waals surface area (Å²) in [5.41, 5.74) is 3.30. The number of nitrogens with one attached hydrogen (secondary N) is 2. The monoisotopic (exact) mass is 453 g/mol. The Balaban J connectivity index is 1.82. The number of benzene rings is 2. The maximum absolute atomic E-state index is 13.5. The number of carbonyl (C=O) groups is 3. The summed E-state index contributed by atoms with van der Waals surface area (Å²) in [5, 5.41) is 5.86. The Labute approximate surface area is 194 Å². The highest BCUT2D eigenvalue weighted by Crippen LogP contribution is 2.34. The van der Waals surface area contributed by atoms with E-state index in [1.165, 1.54) is 4.90 Å². The minimum atomic E-state index is -0.922. The third-order valence-electron chi connectivity index (χ3n) is 5.00. The fourth-order valence-corrected chi connectivity index (χ4v) is 3.68. The van der Waals surface area contributed by atoms with Gasteiger partial charge in [-0.05, 0) is 57.4 Å². The highest BCUT2D eigenvalue weighted by molar-refractivity contribution is 6.06. The standard InChI is InChI=1S/C25H31N3O5/c1-16-11-17(2)22-19(12-16)26-13-20(27-24(31)33-25(3,4)5)23(30)28(22)14-21(29)32-15-18-9-7-6-8-10-18/h6-12,20,26H,13-15H2,1-5H3,(H,27,31)/t20-/m0/s1. The third-order valence-corrected chi connectivity index (χ3v) is 5.00. The van der Waals surface area contributed by atoms with E-state index in [2.05, 4.69) is 10.6 Å². The van der Waals surface area contributed by atoms with E-state index in [-0.39, 0.29) is 19.7 Å². The summed E-state index contributed by atoms with van der Waals surface area (Å²) >= 11 is 0. The van der Waals surface area contributed by atoms with Crippen LogP contribution >= 0.6 is 0 Å². The van der Waals surface area contributed by atoms with Gasteiger partial charge in [0.2, 0.25) is 0 Å². The Hall–Kier alpha value is -3.55. The SMILES string of the molecule is Cc1cc(C)c2c(c1)NC[C@H](NC(=O)OC(C)(C)C)C(=O)N2CC(=O)OCc1ccccc1. The number of nitrogens with zero attached hydrogens (tertiary/aromatic N) is 1.